The van der Waals surface area contributed by atoms with Gasteiger partial charge in [0, 0.05) is 44.8 Å². The molecule has 0 spiro atoms. The zero-order valence-corrected chi connectivity index (χ0v) is 18.1. The van der Waals surface area contributed by atoms with Gasteiger partial charge in [-0.15, -0.1) is 0 Å². The second kappa shape index (κ2) is 8.62. The average Bonchev–Trinajstić information content (AvgIpc) is 2.80. The zero-order valence-electron chi connectivity index (χ0n) is 18.1. The average molecular weight is 442 g/mol. The molecule has 4 rings (SSSR count). The predicted molar refractivity (Wildman–Crippen MR) is 117 cm³/mol. The molecule has 1 amide bonds. The van der Waals surface area contributed by atoms with Gasteiger partial charge in [-0.25, -0.2) is 14.4 Å². The van der Waals surface area contributed by atoms with E-state index in [1.807, 2.05) is 11.8 Å². The predicted octanol–water partition coefficient (Wildman–Crippen LogP) is 2.15. The molecule has 1 atom stereocenters. The summed E-state index contributed by atoms with van der Waals surface area (Å²) in [6, 6.07) is 6.21. The van der Waals surface area contributed by atoms with Crippen molar-refractivity contribution in [3.63, 3.8) is 0 Å². The van der Waals surface area contributed by atoms with Gasteiger partial charge in [0.05, 0.1) is 11.2 Å². The molecular formula is C22H24F2N6O2. The molecule has 1 fully saturated rings. The standard InChI is InChI=1S/C22H24F2N6O2/c1-12-21(31)28-19-15(26-12)5-4-14(18(19)23)13(2)29-8-10-30(11-9-29)17-7-6-16(22(32)25-3)27-20(17)24/h4-7,13H,8-11H2,1-3H3,(H,25,32)(H,28,31)/t13-/m1/s1. The van der Waals surface area contributed by atoms with Crippen molar-refractivity contribution in [2.24, 2.45) is 0 Å². The van der Waals surface area contributed by atoms with Crippen LogP contribution in [-0.4, -0.2) is 59.0 Å². The topological polar surface area (TPSA) is 94.2 Å². The van der Waals surface area contributed by atoms with E-state index in [1.54, 1.807) is 25.1 Å². The van der Waals surface area contributed by atoms with Crippen LogP contribution in [0.3, 0.4) is 0 Å². The second-order valence-electron chi connectivity index (χ2n) is 7.80. The van der Waals surface area contributed by atoms with Gasteiger partial charge in [0.2, 0.25) is 5.95 Å². The highest BCUT2D eigenvalue weighted by Crippen LogP contribution is 2.29. The van der Waals surface area contributed by atoms with E-state index in [1.165, 1.54) is 13.1 Å². The van der Waals surface area contributed by atoms with Crippen LogP contribution in [0, 0.1) is 18.7 Å². The number of aromatic nitrogens is 3. The Bertz CT molecular complexity index is 1240. The van der Waals surface area contributed by atoms with Crippen LogP contribution in [0.1, 0.15) is 34.7 Å². The number of anilines is 1. The van der Waals surface area contributed by atoms with E-state index in [-0.39, 0.29) is 17.3 Å². The molecule has 3 aromatic rings. The van der Waals surface area contributed by atoms with Gasteiger partial charge in [-0.3, -0.25) is 14.5 Å². The second-order valence-corrected chi connectivity index (χ2v) is 7.80. The highest BCUT2D eigenvalue weighted by molar-refractivity contribution is 5.92. The fourth-order valence-electron chi connectivity index (χ4n) is 4.02. The summed E-state index contributed by atoms with van der Waals surface area (Å²) in [5, 5.41) is 2.42. The van der Waals surface area contributed by atoms with Crippen LogP contribution >= 0.6 is 0 Å². The Labute approximate surface area is 183 Å². The van der Waals surface area contributed by atoms with Crippen LogP contribution < -0.4 is 15.8 Å². The van der Waals surface area contributed by atoms with Crippen LogP contribution in [0.2, 0.25) is 0 Å². The van der Waals surface area contributed by atoms with Crippen molar-refractivity contribution in [2.75, 3.05) is 38.1 Å². The number of piperazine rings is 1. The first-order valence-corrected chi connectivity index (χ1v) is 10.4. The van der Waals surface area contributed by atoms with E-state index in [2.05, 4.69) is 25.2 Å². The molecule has 0 bridgehead atoms. The van der Waals surface area contributed by atoms with Gasteiger partial charge < -0.3 is 15.2 Å². The molecule has 1 aliphatic rings. The minimum Gasteiger partial charge on any atom is -0.365 e. The van der Waals surface area contributed by atoms with Gasteiger partial charge in [0.1, 0.15) is 16.9 Å². The number of nitrogens with one attached hydrogen (secondary N) is 2. The lowest BCUT2D eigenvalue weighted by molar-refractivity contribution is 0.0957. The Kier molecular flexibility index (Phi) is 5.88. The van der Waals surface area contributed by atoms with Gasteiger partial charge in [-0.2, -0.15) is 4.39 Å². The number of aryl methyl sites for hydroxylation is 1. The minimum atomic E-state index is -0.695. The molecule has 0 saturated carbocycles. The van der Waals surface area contributed by atoms with Crippen molar-refractivity contribution in [3.05, 3.63) is 63.3 Å². The van der Waals surface area contributed by atoms with Gasteiger partial charge in [-0.05, 0) is 32.0 Å². The number of H-pyrrole nitrogens is 1. The van der Waals surface area contributed by atoms with Crippen molar-refractivity contribution < 1.29 is 13.6 Å². The molecule has 32 heavy (non-hydrogen) atoms. The molecule has 0 aliphatic carbocycles. The monoisotopic (exact) mass is 442 g/mol. The number of halogens is 2. The van der Waals surface area contributed by atoms with Gasteiger partial charge >= 0.3 is 0 Å². The van der Waals surface area contributed by atoms with E-state index >= 15 is 4.39 Å². The van der Waals surface area contributed by atoms with Gasteiger partial charge in [0.15, 0.2) is 5.82 Å². The number of carbonyl (C=O) groups excluding carboxylic acids is 1. The lowest BCUT2D eigenvalue weighted by atomic mass is 10.0. The molecule has 10 heteroatoms. The highest BCUT2D eigenvalue weighted by atomic mass is 19.1. The van der Waals surface area contributed by atoms with Gasteiger partial charge in [0.25, 0.3) is 11.5 Å². The van der Waals surface area contributed by atoms with E-state index in [4.69, 9.17) is 0 Å². The van der Waals surface area contributed by atoms with Crippen LogP contribution in [0.5, 0.6) is 0 Å². The summed E-state index contributed by atoms with van der Waals surface area (Å²) >= 11 is 0. The van der Waals surface area contributed by atoms with Crippen LogP contribution in [0.4, 0.5) is 14.5 Å². The first kappa shape index (κ1) is 21.8. The number of aromatic amines is 1. The number of fused-ring (bicyclic) bond motifs is 1. The van der Waals surface area contributed by atoms with E-state index < -0.39 is 23.2 Å². The number of nitrogens with zero attached hydrogens (tertiary/aromatic N) is 4. The molecule has 1 aromatic carbocycles. The van der Waals surface area contributed by atoms with Crippen LogP contribution in [0.15, 0.2) is 29.1 Å². The Morgan fingerprint density at radius 1 is 1.12 bits per heavy atom. The number of pyridine rings is 1. The van der Waals surface area contributed by atoms with Crippen molar-refractivity contribution in [3.8, 4) is 0 Å². The fraction of sp³-hybridized carbons (Fsp3) is 0.364. The number of rotatable bonds is 4. The smallest absolute Gasteiger partial charge is 0.269 e. The number of carbonyl (C=O) groups is 1. The van der Waals surface area contributed by atoms with Gasteiger partial charge in [-0.1, -0.05) is 6.07 Å². The molecule has 2 aromatic heterocycles. The van der Waals surface area contributed by atoms with Crippen molar-refractivity contribution in [1.29, 1.82) is 0 Å². The minimum absolute atomic E-state index is 0.0236. The molecule has 168 valence electrons. The maximum absolute atomic E-state index is 15.2. The summed E-state index contributed by atoms with van der Waals surface area (Å²) in [7, 11) is 1.46. The maximum Gasteiger partial charge on any atom is 0.269 e. The van der Waals surface area contributed by atoms with E-state index in [0.29, 0.717) is 48.6 Å². The Hall–Kier alpha value is -3.40. The molecule has 0 unspecified atom stereocenters. The molecule has 0 radical (unpaired) electrons. The highest BCUT2D eigenvalue weighted by Gasteiger charge is 2.26. The zero-order chi connectivity index (χ0) is 23.0. The molecule has 8 nitrogen and oxygen atoms in total. The lowest BCUT2D eigenvalue weighted by Gasteiger charge is -2.39. The summed E-state index contributed by atoms with van der Waals surface area (Å²) in [5.41, 5.74) is 1.22. The first-order valence-electron chi connectivity index (χ1n) is 10.4. The van der Waals surface area contributed by atoms with Crippen molar-refractivity contribution >= 4 is 22.6 Å². The number of benzene rings is 1. The summed E-state index contributed by atoms with van der Waals surface area (Å²) in [4.78, 5) is 38.0. The van der Waals surface area contributed by atoms with Crippen molar-refractivity contribution in [1.82, 2.24) is 25.2 Å². The SMILES string of the molecule is CNC(=O)c1ccc(N2CCN([C@H](C)c3ccc4nc(C)c(=O)[nH]c4c3F)CC2)c(F)n1. The summed E-state index contributed by atoms with van der Waals surface area (Å²) in [5.74, 6) is -1.62. The summed E-state index contributed by atoms with van der Waals surface area (Å²) < 4.78 is 29.7. The van der Waals surface area contributed by atoms with Crippen LogP contribution in [-0.2, 0) is 0 Å². The maximum atomic E-state index is 15.2. The summed E-state index contributed by atoms with van der Waals surface area (Å²) in [6.07, 6.45) is 0. The third-order valence-corrected chi connectivity index (χ3v) is 5.95. The first-order chi connectivity index (χ1) is 15.3. The number of hydrogen-bond acceptors (Lipinski definition) is 6. The molecule has 1 saturated heterocycles. The summed E-state index contributed by atoms with van der Waals surface area (Å²) in [6.45, 7) is 5.69. The Morgan fingerprint density at radius 2 is 1.84 bits per heavy atom. The number of hydrogen-bond donors (Lipinski definition) is 2. The van der Waals surface area contributed by atoms with E-state index in [0.717, 1.165) is 0 Å². The molecular weight excluding hydrogens is 418 g/mol. The normalized spacial score (nSPS) is 15.7. The van der Waals surface area contributed by atoms with Crippen molar-refractivity contribution in [2.45, 2.75) is 19.9 Å². The largest absolute Gasteiger partial charge is 0.365 e. The molecule has 2 N–H and O–H groups in total. The molecule has 1 aliphatic heterocycles. The Balaban J connectivity index is 1.50. The van der Waals surface area contributed by atoms with E-state index in [9.17, 15) is 14.0 Å². The third kappa shape index (κ3) is 3.93. The third-order valence-electron chi connectivity index (χ3n) is 5.95. The fourth-order valence-corrected chi connectivity index (χ4v) is 4.02. The lowest BCUT2D eigenvalue weighted by Crippen LogP contribution is -2.47. The molecule has 3 heterocycles. The quantitative estimate of drug-likeness (QED) is 0.602. The Morgan fingerprint density at radius 3 is 2.50 bits per heavy atom. The number of amides is 1. The van der Waals surface area contributed by atoms with Crippen LogP contribution in [0.25, 0.3) is 11.0 Å².